The van der Waals surface area contributed by atoms with Crippen LogP contribution < -0.4 is 9.80 Å². The van der Waals surface area contributed by atoms with Gasteiger partial charge in [-0.25, -0.2) is 0 Å². The molecule has 4 nitrogen and oxygen atoms in total. The van der Waals surface area contributed by atoms with Gasteiger partial charge in [0.1, 0.15) is 0 Å². The summed E-state index contributed by atoms with van der Waals surface area (Å²) >= 11 is 9.91. The fraction of sp³-hybridized carbons (Fsp3) is 0.333. The molecule has 44 heavy (non-hydrogen) atoms. The van der Waals surface area contributed by atoms with Crippen molar-refractivity contribution in [3.05, 3.63) is 96.0 Å². The third kappa shape index (κ3) is 8.09. The zero-order valence-corrected chi connectivity index (χ0v) is 29.6. The Morgan fingerprint density at radius 3 is 1.66 bits per heavy atom. The van der Waals surface area contributed by atoms with Crippen LogP contribution in [0.4, 0.5) is 22.7 Å². The molecule has 2 heterocycles. The highest BCUT2D eigenvalue weighted by atomic mass is 35.5. The SMILES string of the molecule is CCN(CC)C(C)CN1c2ccccc2Sc2ccccc21.CN(C)CCCN1c2ccccc2Sc2ccc(Cl)cc21.Cl. The lowest BCUT2D eigenvalue weighted by Gasteiger charge is -2.37. The molecular formula is C36H44Cl2N4S2. The van der Waals surface area contributed by atoms with Gasteiger partial charge in [-0.15, -0.1) is 12.4 Å². The number of benzene rings is 4. The normalized spacial score (nSPS) is 13.6. The predicted octanol–water partition coefficient (Wildman–Crippen LogP) is 10.3. The summed E-state index contributed by atoms with van der Waals surface area (Å²) < 4.78 is 0. The Balaban J connectivity index is 0.000000197. The summed E-state index contributed by atoms with van der Waals surface area (Å²) in [5.74, 6) is 0. The summed E-state index contributed by atoms with van der Waals surface area (Å²) in [5.41, 5.74) is 5.19. The van der Waals surface area contributed by atoms with E-state index in [1.54, 1.807) is 0 Å². The first kappa shape index (κ1) is 34.6. The number of likely N-dealkylation sites (N-methyl/N-ethyl adjacent to an activating group) is 1. The molecule has 4 aromatic rings. The van der Waals surface area contributed by atoms with Gasteiger partial charge >= 0.3 is 0 Å². The Morgan fingerprint density at radius 1 is 0.682 bits per heavy atom. The van der Waals surface area contributed by atoms with Gasteiger partial charge in [-0.05, 0) is 102 Å². The van der Waals surface area contributed by atoms with Crippen molar-refractivity contribution in [3.8, 4) is 0 Å². The minimum absolute atomic E-state index is 0. The van der Waals surface area contributed by atoms with Crippen LogP contribution >= 0.6 is 47.5 Å². The monoisotopic (exact) mass is 666 g/mol. The highest BCUT2D eigenvalue weighted by molar-refractivity contribution is 8.00. The zero-order valence-electron chi connectivity index (χ0n) is 26.4. The van der Waals surface area contributed by atoms with Gasteiger partial charge < -0.3 is 14.7 Å². The van der Waals surface area contributed by atoms with Crippen molar-refractivity contribution in [2.45, 2.75) is 52.8 Å². The first-order valence-electron chi connectivity index (χ1n) is 15.3. The lowest BCUT2D eigenvalue weighted by Crippen LogP contribution is -2.41. The second-order valence-corrected chi connectivity index (χ2v) is 13.8. The lowest BCUT2D eigenvalue weighted by molar-refractivity contribution is 0.236. The van der Waals surface area contributed by atoms with Crippen LogP contribution in [0.5, 0.6) is 0 Å². The summed E-state index contributed by atoms with van der Waals surface area (Å²) in [7, 11) is 4.23. The Morgan fingerprint density at radius 2 is 1.16 bits per heavy atom. The largest absolute Gasteiger partial charge is 0.340 e. The van der Waals surface area contributed by atoms with Crippen molar-refractivity contribution < 1.29 is 0 Å². The zero-order chi connectivity index (χ0) is 30.3. The van der Waals surface area contributed by atoms with Crippen molar-refractivity contribution in [1.29, 1.82) is 0 Å². The Hall–Kier alpha value is -2.32. The first-order chi connectivity index (χ1) is 20.9. The molecule has 6 rings (SSSR count). The van der Waals surface area contributed by atoms with E-state index in [4.69, 9.17) is 11.6 Å². The summed E-state index contributed by atoms with van der Waals surface area (Å²) in [6, 6.07) is 32.8. The molecular weight excluding hydrogens is 623 g/mol. The number of hydrogen-bond acceptors (Lipinski definition) is 6. The standard InChI is InChI=1S/C19H24N2S.C17H19ClN2S.ClH/c1-4-20(5-2)15(3)14-21-16-10-6-8-12-18(16)22-19-13-9-7-11-17(19)21;1-19(2)10-5-11-20-14-6-3-4-7-16(14)21-17-9-8-13(18)12-15(17)20;/h6-13,15H,4-5,14H2,1-3H3;3-4,6-9,12H,5,10-11H2,1-2H3;1H. The summed E-state index contributed by atoms with van der Waals surface area (Å²) in [6.45, 7) is 12.1. The molecule has 8 heteroatoms. The van der Waals surface area contributed by atoms with Gasteiger partial charge in [-0.1, -0.05) is 85.4 Å². The van der Waals surface area contributed by atoms with Crippen LogP contribution in [0.25, 0.3) is 0 Å². The van der Waals surface area contributed by atoms with E-state index in [1.165, 1.54) is 42.3 Å². The smallest absolute Gasteiger partial charge is 0.0567 e. The second kappa shape index (κ2) is 16.3. The van der Waals surface area contributed by atoms with Crippen LogP contribution in [0, 0.1) is 0 Å². The number of halogens is 2. The fourth-order valence-electron chi connectivity index (χ4n) is 5.79. The lowest BCUT2D eigenvalue weighted by atomic mass is 10.1. The molecule has 234 valence electrons. The third-order valence-corrected chi connectivity index (χ3v) is 10.5. The molecule has 0 aromatic heterocycles. The Kier molecular flexibility index (Phi) is 12.8. The number of rotatable bonds is 9. The van der Waals surface area contributed by atoms with Gasteiger partial charge in [0.15, 0.2) is 0 Å². The highest BCUT2D eigenvalue weighted by Crippen LogP contribution is 2.49. The molecule has 0 N–H and O–H groups in total. The minimum atomic E-state index is 0. The average molecular weight is 668 g/mol. The van der Waals surface area contributed by atoms with Gasteiger partial charge in [0.05, 0.1) is 22.7 Å². The second-order valence-electron chi connectivity index (χ2n) is 11.2. The van der Waals surface area contributed by atoms with E-state index >= 15 is 0 Å². The van der Waals surface area contributed by atoms with Gasteiger partial charge in [0.25, 0.3) is 0 Å². The molecule has 1 unspecified atom stereocenters. The minimum Gasteiger partial charge on any atom is -0.340 e. The molecule has 0 saturated carbocycles. The molecule has 0 spiro atoms. The summed E-state index contributed by atoms with van der Waals surface area (Å²) in [5, 5.41) is 0.798. The maximum Gasteiger partial charge on any atom is 0.0567 e. The van der Waals surface area contributed by atoms with Crippen LogP contribution in [0.2, 0.25) is 5.02 Å². The van der Waals surface area contributed by atoms with E-state index in [2.05, 4.69) is 139 Å². The molecule has 0 radical (unpaired) electrons. The van der Waals surface area contributed by atoms with Crippen LogP contribution in [0.3, 0.4) is 0 Å². The molecule has 0 aliphatic carbocycles. The van der Waals surface area contributed by atoms with Crippen molar-refractivity contribution in [3.63, 3.8) is 0 Å². The molecule has 2 aliphatic heterocycles. The number of nitrogens with zero attached hydrogens (tertiary/aromatic N) is 4. The molecule has 1 atom stereocenters. The van der Waals surface area contributed by atoms with E-state index in [9.17, 15) is 0 Å². The van der Waals surface area contributed by atoms with Gasteiger partial charge in [0.2, 0.25) is 0 Å². The van der Waals surface area contributed by atoms with Gasteiger partial charge in [-0.2, -0.15) is 0 Å². The third-order valence-electron chi connectivity index (χ3n) is 7.99. The number of hydrogen-bond donors (Lipinski definition) is 0. The molecule has 0 saturated heterocycles. The van der Waals surface area contributed by atoms with Crippen LogP contribution in [0.1, 0.15) is 27.2 Å². The maximum atomic E-state index is 6.21. The van der Waals surface area contributed by atoms with Crippen LogP contribution in [-0.4, -0.2) is 62.7 Å². The molecule has 2 aliphatic rings. The van der Waals surface area contributed by atoms with Crippen molar-refractivity contribution >= 4 is 70.3 Å². The summed E-state index contributed by atoms with van der Waals surface area (Å²) in [6.07, 6.45) is 1.12. The van der Waals surface area contributed by atoms with Gasteiger partial charge in [-0.3, -0.25) is 4.90 Å². The van der Waals surface area contributed by atoms with Crippen molar-refractivity contribution in [1.82, 2.24) is 9.80 Å². The molecule has 0 amide bonds. The number of para-hydroxylation sites is 3. The van der Waals surface area contributed by atoms with Crippen LogP contribution in [0.15, 0.2) is 111 Å². The molecule has 0 bridgehead atoms. The first-order valence-corrected chi connectivity index (χ1v) is 17.3. The molecule has 0 fully saturated rings. The van der Waals surface area contributed by atoms with Crippen molar-refractivity contribution in [2.75, 3.05) is 56.6 Å². The quantitative estimate of drug-likeness (QED) is 0.175. The molecule has 4 aromatic carbocycles. The van der Waals surface area contributed by atoms with E-state index < -0.39 is 0 Å². The number of fused-ring (bicyclic) bond motifs is 4. The van der Waals surface area contributed by atoms with Gasteiger partial charge in [0, 0.05) is 43.7 Å². The predicted molar refractivity (Wildman–Crippen MR) is 196 cm³/mol. The van der Waals surface area contributed by atoms with Crippen LogP contribution in [-0.2, 0) is 0 Å². The average Bonchev–Trinajstić information content (AvgIpc) is 3.01. The number of anilines is 4. The Bertz CT molecular complexity index is 1470. The highest BCUT2D eigenvalue weighted by Gasteiger charge is 2.26. The topological polar surface area (TPSA) is 13.0 Å². The van der Waals surface area contributed by atoms with E-state index in [1.807, 2.05) is 29.6 Å². The van der Waals surface area contributed by atoms with E-state index in [-0.39, 0.29) is 12.4 Å². The van der Waals surface area contributed by atoms with E-state index in [0.717, 1.165) is 44.2 Å². The van der Waals surface area contributed by atoms with Crippen molar-refractivity contribution in [2.24, 2.45) is 0 Å². The maximum absolute atomic E-state index is 6.21. The summed E-state index contributed by atoms with van der Waals surface area (Å²) in [4.78, 5) is 14.9. The van der Waals surface area contributed by atoms with E-state index in [0.29, 0.717) is 6.04 Å². The Labute approximate surface area is 284 Å². The fourth-order valence-corrected chi connectivity index (χ4v) is 8.13.